The van der Waals surface area contributed by atoms with Crippen LogP contribution in [0.1, 0.15) is 6.23 Å². The molecule has 0 aliphatic carbocycles. The number of aliphatic hydroxyl groups excluding tert-OH is 2. The predicted octanol–water partition coefficient (Wildman–Crippen LogP) is -2.52. The number of ether oxygens (including phenoxy) is 1. The molecule has 6 atom stereocenters. The van der Waals surface area contributed by atoms with Crippen LogP contribution in [0.2, 0.25) is 0 Å². The van der Waals surface area contributed by atoms with Crippen molar-refractivity contribution in [3.63, 3.8) is 0 Å². The largest absolute Gasteiger partial charge is 0.756 e. The van der Waals surface area contributed by atoms with Gasteiger partial charge in [-0.15, -0.1) is 0 Å². The van der Waals surface area contributed by atoms with Crippen LogP contribution in [0.4, 0.5) is 0 Å². The number of quaternary nitrogens is 1. The first kappa shape index (κ1) is 26.0. The van der Waals surface area contributed by atoms with Gasteiger partial charge in [-0.3, -0.25) is 23.4 Å². The normalized spacial score (nSPS) is 28.2. The number of aliphatic hydroxyl groups is 2. The molecule has 0 bridgehead atoms. The van der Waals surface area contributed by atoms with Gasteiger partial charge in [0.1, 0.15) is 31.5 Å². The summed E-state index contributed by atoms with van der Waals surface area (Å²) in [6.45, 7) is -0.903. The number of aromatic nitrogens is 2. The number of hydrogen-bond donors (Lipinski definition) is 4. The minimum Gasteiger partial charge on any atom is -0.756 e. The third-order valence-electron chi connectivity index (χ3n) is 4.08. The van der Waals surface area contributed by atoms with Gasteiger partial charge in [0.2, 0.25) is 0 Å². The highest BCUT2D eigenvalue weighted by molar-refractivity contribution is 7.60. The number of nitrogens with one attached hydrogen (secondary N) is 1. The summed E-state index contributed by atoms with van der Waals surface area (Å²) in [4.78, 5) is 46.3. The first-order valence-corrected chi connectivity index (χ1v) is 11.8. The summed E-state index contributed by atoms with van der Waals surface area (Å²) >= 11 is 0. The lowest BCUT2D eigenvalue weighted by Gasteiger charge is -2.27. The van der Waals surface area contributed by atoms with Crippen LogP contribution in [-0.4, -0.2) is 88.4 Å². The Balaban J connectivity index is 1.96. The lowest BCUT2D eigenvalue weighted by molar-refractivity contribution is -0.870. The fourth-order valence-electron chi connectivity index (χ4n) is 2.49. The van der Waals surface area contributed by atoms with E-state index >= 15 is 0 Å². The van der Waals surface area contributed by atoms with Crippen LogP contribution in [-0.2, 0) is 27.2 Å². The van der Waals surface area contributed by atoms with Gasteiger partial charge in [0.05, 0.1) is 27.7 Å². The van der Waals surface area contributed by atoms with Gasteiger partial charge in [0, 0.05) is 12.3 Å². The van der Waals surface area contributed by atoms with Crippen LogP contribution in [0.25, 0.3) is 0 Å². The monoisotopic (exact) mass is 489 g/mol. The van der Waals surface area contributed by atoms with Crippen molar-refractivity contribution in [1.29, 1.82) is 0 Å². The fraction of sp³-hybridized carbons (Fsp3) is 0.714. The van der Waals surface area contributed by atoms with Crippen molar-refractivity contribution in [2.75, 3.05) is 40.9 Å². The van der Waals surface area contributed by atoms with Crippen molar-refractivity contribution in [3.8, 4) is 0 Å². The Morgan fingerprint density at radius 1 is 1.23 bits per heavy atom. The molecule has 31 heavy (non-hydrogen) atoms. The van der Waals surface area contributed by atoms with Crippen molar-refractivity contribution < 1.29 is 51.7 Å². The van der Waals surface area contributed by atoms with E-state index in [0.717, 1.165) is 16.8 Å². The lowest BCUT2D eigenvalue weighted by Crippen LogP contribution is -2.37. The van der Waals surface area contributed by atoms with E-state index in [2.05, 4.69) is 13.4 Å². The Hall–Kier alpha value is -1.22. The zero-order chi connectivity index (χ0) is 23.6. The van der Waals surface area contributed by atoms with Crippen LogP contribution >= 0.6 is 15.6 Å². The summed E-state index contributed by atoms with van der Waals surface area (Å²) < 4.78 is 43.2. The zero-order valence-corrected chi connectivity index (χ0v) is 18.7. The Bertz CT molecular complexity index is 972. The second kappa shape index (κ2) is 9.73. The van der Waals surface area contributed by atoms with E-state index in [-0.39, 0.29) is 13.2 Å². The minimum atomic E-state index is -5.38. The van der Waals surface area contributed by atoms with Crippen LogP contribution < -0.4 is 16.1 Å². The van der Waals surface area contributed by atoms with Crippen LogP contribution in [0.15, 0.2) is 21.9 Å². The molecule has 1 fully saturated rings. The highest BCUT2D eigenvalue weighted by Gasteiger charge is 2.45. The third-order valence-corrected chi connectivity index (χ3v) is 6.68. The molecule has 178 valence electrons. The molecule has 1 aliphatic heterocycles. The molecule has 1 aromatic heterocycles. The van der Waals surface area contributed by atoms with Gasteiger partial charge >= 0.3 is 13.5 Å². The van der Waals surface area contributed by atoms with Crippen LogP contribution in [0.5, 0.6) is 0 Å². The Labute approximate surface area is 176 Å². The molecule has 4 N–H and O–H groups in total. The molecular formula is C14H25N3O12P2. The molecule has 2 heterocycles. The molecule has 1 aromatic rings. The second-order valence-electron chi connectivity index (χ2n) is 7.70. The molecule has 17 heteroatoms. The molecule has 1 saturated heterocycles. The average Bonchev–Trinajstić information content (AvgIpc) is 2.86. The topological polar surface area (TPSA) is 210 Å². The minimum absolute atomic E-state index is 0.274. The summed E-state index contributed by atoms with van der Waals surface area (Å²) in [5.41, 5.74) is -1.63. The molecule has 0 spiro atoms. The molecule has 0 saturated carbocycles. The van der Waals surface area contributed by atoms with E-state index in [1.54, 1.807) is 21.1 Å². The third kappa shape index (κ3) is 7.70. The quantitative estimate of drug-likeness (QED) is 0.198. The molecule has 2 rings (SSSR count). The molecular weight excluding hydrogens is 464 g/mol. The Morgan fingerprint density at radius 3 is 2.45 bits per heavy atom. The summed E-state index contributed by atoms with van der Waals surface area (Å²) in [7, 11) is -5.04. The van der Waals surface area contributed by atoms with E-state index < -0.39 is 58.0 Å². The van der Waals surface area contributed by atoms with Crippen molar-refractivity contribution in [2.24, 2.45) is 0 Å². The number of aromatic amines is 1. The van der Waals surface area contributed by atoms with E-state index in [1.165, 1.54) is 0 Å². The Morgan fingerprint density at radius 2 is 1.87 bits per heavy atom. The number of phosphoric ester groups is 2. The van der Waals surface area contributed by atoms with Gasteiger partial charge in [-0.2, -0.15) is 0 Å². The van der Waals surface area contributed by atoms with E-state index in [0.29, 0.717) is 4.48 Å². The summed E-state index contributed by atoms with van der Waals surface area (Å²) in [5, 5.41) is 20.1. The predicted molar refractivity (Wildman–Crippen MR) is 101 cm³/mol. The number of rotatable bonds is 10. The van der Waals surface area contributed by atoms with Gasteiger partial charge < -0.3 is 33.7 Å². The molecule has 15 nitrogen and oxygen atoms in total. The zero-order valence-electron chi connectivity index (χ0n) is 16.9. The highest BCUT2D eigenvalue weighted by atomic mass is 31.3. The van der Waals surface area contributed by atoms with Gasteiger partial charge in [-0.05, 0) is 0 Å². The lowest BCUT2D eigenvalue weighted by atomic mass is 10.1. The molecule has 0 amide bonds. The number of phosphoric acid groups is 2. The SMILES string of the molecule is C[N+](C)(C)CCOP(=O)(O)OP(=O)([O-])OCC1OC(n2ccc(=O)[nH]c2=O)C(O)C1O. The number of nitrogens with zero attached hydrogens (tertiary/aromatic N) is 2. The first-order valence-electron chi connectivity index (χ1n) is 8.88. The van der Waals surface area contributed by atoms with Gasteiger partial charge in [-0.1, -0.05) is 0 Å². The maximum Gasteiger partial charge on any atom is 0.478 e. The van der Waals surface area contributed by atoms with Crippen molar-refractivity contribution in [1.82, 2.24) is 9.55 Å². The smallest absolute Gasteiger partial charge is 0.478 e. The maximum absolute atomic E-state index is 11.9. The summed E-state index contributed by atoms with van der Waals surface area (Å²) in [6.07, 6.45) is -5.26. The summed E-state index contributed by atoms with van der Waals surface area (Å²) in [6, 6.07) is 0.977. The average molecular weight is 489 g/mol. The van der Waals surface area contributed by atoms with E-state index in [9.17, 15) is 38.7 Å². The van der Waals surface area contributed by atoms with Crippen molar-refractivity contribution >= 4 is 15.6 Å². The Kier molecular flexibility index (Phi) is 8.17. The standard InChI is InChI=1S/C14H25N3O12P2/c1-17(2,3)6-7-26-30(22,23)29-31(24,25)27-8-9-11(19)12(20)13(28-9)16-5-4-10(18)15-14(16)21/h4-5,9,11-13,19-20H,6-8H2,1-3H3,(H2-,15,18,21,22,23,24,25). The van der Waals surface area contributed by atoms with Crippen LogP contribution in [0.3, 0.4) is 0 Å². The first-order chi connectivity index (χ1) is 14.1. The number of likely N-dealkylation sites (N-methyl/N-ethyl adjacent to an activating group) is 1. The van der Waals surface area contributed by atoms with E-state index in [4.69, 9.17) is 4.74 Å². The number of H-pyrrole nitrogens is 1. The van der Waals surface area contributed by atoms with Gasteiger partial charge in [0.25, 0.3) is 13.4 Å². The van der Waals surface area contributed by atoms with E-state index in [1.807, 2.05) is 4.98 Å². The molecule has 0 aromatic carbocycles. The van der Waals surface area contributed by atoms with Gasteiger partial charge in [0.15, 0.2) is 6.23 Å². The molecule has 0 radical (unpaired) electrons. The van der Waals surface area contributed by atoms with Gasteiger partial charge in [-0.25, -0.2) is 13.7 Å². The fourth-order valence-corrected chi connectivity index (χ4v) is 4.52. The summed E-state index contributed by atoms with van der Waals surface area (Å²) in [5.74, 6) is 0. The van der Waals surface area contributed by atoms with Crippen molar-refractivity contribution in [2.45, 2.75) is 24.5 Å². The second-order valence-corrected chi connectivity index (χ2v) is 10.7. The molecule has 6 unspecified atom stereocenters. The van der Waals surface area contributed by atoms with Crippen molar-refractivity contribution in [3.05, 3.63) is 33.1 Å². The molecule has 1 aliphatic rings. The van der Waals surface area contributed by atoms with Crippen LogP contribution in [0, 0.1) is 0 Å². The highest BCUT2D eigenvalue weighted by Crippen LogP contribution is 2.58. The maximum atomic E-state index is 11.9. The number of hydrogen-bond acceptors (Lipinski definition) is 11.